The largest absolute Gasteiger partial charge is 0.480 e. The van der Waals surface area contributed by atoms with E-state index in [1.807, 2.05) is 6.92 Å². The monoisotopic (exact) mass is 301 g/mol. The molecule has 0 spiro atoms. The summed E-state index contributed by atoms with van der Waals surface area (Å²) in [6, 6.07) is -1.56. The summed E-state index contributed by atoms with van der Waals surface area (Å²) in [5.41, 5.74) is 0. The van der Waals surface area contributed by atoms with Crippen molar-refractivity contribution in [2.75, 3.05) is 33.7 Å². The van der Waals surface area contributed by atoms with Crippen molar-refractivity contribution >= 4 is 17.9 Å². The number of carboxylic acid groups (broad SMARTS) is 1. The van der Waals surface area contributed by atoms with Gasteiger partial charge in [-0.1, -0.05) is 6.92 Å². The van der Waals surface area contributed by atoms with Crippen molar-refractivity contribution in [3.8, 4) is 0 Å². The Labute approximate surface area is 123 Å². The lowest BCUT2D eigenvalue weighted by Crippen LogP contribution is -2.51. The molecule has 0 aromatic heterocycles. The van der Waals surface area contributed by atoms with Crippen LogP contribution < -0.4 is 0 Å². The number of urea groups is 1. The first kappa shape index (κ1) is 17.2. The quantitative estimate of drug-likeness (QED) is 0.708. The minimum atomic E-state index is -1.14. The van der Waals surface area contributed by atoms with Gasteiger partial charge in [0, 0.05) is 33.6 Å². The molecule has 0 aliphatic carbocycles. The van der Waals surface area contributed by atoms with Gasteiger partial charge in [-0.3, -0.25) is 4.79 Å². The van der Waals surface area contributed by atoms with Crippen molar-refractivity contribution in [2.24, 2.45) is 0 Å². The van der Waals surface area contributed by atoms with E-state index >= 15 is 0 Å². The molecule has 8 nitrogen and oxygen atoms in total. The molecule has 21 heavy (non-hydrogen) atoms. The molecule has 1 aliphatic rings. The second kappa shape index (κ2) is 7.26. The standard InChI is InChI=1S/C13H23N3O5/c1-4-5-15(8-11(18)14(2)3)13(21)16-7-9(17)6-10(16)12(19)20/h9-10,17H,4-8H2,1-3H3,(H,19,20)/t9?,10-/m0/s1. The van der Waals surface area contributed by atoms with Crippen molar-refractivity contribution < 1.29 is 24.6 Å². The van der Waals surface area contributed by atoms with Crippen LogP contribution in [0.3, 0.4) is 0 Å². The summed E-state index contributed by atoms with van der Waals surface area (Å²) in [6.45, 7) is 2.11. The van der Waals surface area contributed by atoms with E-state index in [1.165, 1.54) is 9.80 Å². The minimum absolute atomic E-state index is 0.0165. The van der Waals surface area contributed by atoms with Crippen LogP contribution in [0.25, 0.3) is 0 Å². The van der Waals surface area contributed by atoms with Crippen molar-refractivity contribution in [1.29, 1.82) is 0 Å². The summed E-state index contributed by atoms with van der Waals surface area (Å²) in [6.07, 6.45) is -0.174. The normalized spacial score (nSPS) is 21.2. The number of aliphatic hydroxyl groups excluding tert-OH is 1. The predicted octanol–water partition coefficient (Wildman–Crippen LogP) is -0.574. The molecule has 0 saturated carbocycles. The lowest BCUT2D eigenvalue weighted by molar-refractivity contribution is -0.141. The highest BCUT2D eigenvalue weighted by Crippen LogP contribution is 2.20. The Hall–Kier alpha value is -1.83. The Kier molecular flexibility index (Phi) is 5.95. The molecule has 1 saturated heterocycles. The molecule has 0 aromatic rings. The number of likely N-dealkylation sites (N-methyl/N-ethyl adjacent to an activating group) is 1. The Balaban J connectivity index is 2.84. The van der Waals surface area contributed by atoms with E-state index in [1.54, 1.807) is 14.1 Å². The lowest BCUT2D eigenvalue weighted by atomic mass is 10.2. The number of amides is 3. The summed E-state index contributed by atoms with van der Waals surface area (Å²) < 4.78 is 0. The second-order valence-corrected chi connectivity index (χ2v) is 5.39. The van der Waals surface area contributed by atoms with Gasteiger partial charge in [0.05, 0.1) is 6.10 Å². The first-order valence-corrected chi connectivity index (χ1v) is 6.94. The van der Waals surface area contributed by atoms with E-state index in [-0.39, 0.29) is 25.4 Å². The smallest absolute Gasteiger partial charge is 0.326 e. The van der Waals surface area contributed by atoms with Crippen LogP contribution in [0.15, 0.2) is 0 Å². The molecule has 1 unspecified atom stereocenters. The molecule has 3 amide bonds. The van der Waals surface area contributed by atoms with Gasteiger partial charge in [0.15, 0.2) is 0 Å². The average Bonchev–Trinajstić information content (AvgIpc) is 2.79. The first-order chi connectivity index (χ1) is 9.77. The highest BCUT2D eigenvalue weighted by Gasteiger charge is 2.40. The SMILES string of the molecule is CCCN(CC(=O)N(C)C)C(=O)N1CC(O)C[C@H]1C(=O)O. The number of carbonyl (C=O) groups excluding carboxylic acids is 2. The number of likely N-dealkylation sites (tertiary alicyclic amines) is 1. The van der Waals surface area contributed by atoms with E-state index in [2.05, 4.69) is 0 Å². The van der Waals surface area contributed by atoms with Gasteiger partial charge >= 0.3 is 12.0 Å². The molecule has 8 heteroatoms. The topological polar surface area (TPSA) is 101 Å². The number of aliphatic carboxylic acids is 1. The van der Waals surface area contributed by atoms with Gasteiger partial charge in [-0.2, -0.15) is 0 Å². The minimum Gasteiger partial charge on any atom is -0.480 e. The number of rotatable bonds is 5. The Morgan fingerprint density at radius 3 is 2.38 bits per heavy atom. The molecule has 2 atom stereocenters. The zero-order valence-electron chi connectivity index (χ0n) is 12.7. The molecule has 0 bridgehead atoms. The fraction of sp³-hybridized carbons (Fsp3) is 0.769. The Bertz CT molecular complexity index is 413. The van der Waals surface area contributed by atoms with E-state index in [4.69, 9.17) is 5.11 Å². The third kappa shape index (κ3) is 4.32. The Morgan fingerprint density at radius 1 is 1.29 bits per heavy atom. The summed E-state index contributed by atoms with van der Waals surface area (Å²) in [7, 11) is 3.19. The molecule has 0 radical (unpaired) electrons. The molecule has 1 fully saturated rings. The third-order valence-corrected chi connectivity index (χ3v) is 3.40. The zero-order valence-corrected chi connectivity index (χ0v) is 12.7. The van der Waals surface area contributed by atoms with Crippen LogP contribution in [0.4, 0.5) is 4.79 Å². The van der Waals surface area contributed by atoms with Crippen LogP contribution in [0, 0.1) is 0 Å². The fourth-order valence-electron chi connectivity index (χ4n) is 2.26. The number of carboxylic acids is 1. The molecule has 1 aliphatic heterocycles. The van der Waals surface area contributed by atoms with E-state index < -0.39 is 24.1 Å². The second-order valence-electron chi connectivity index (χ2n) is 5.39. The van der Waals surface area contributed by atoms with Gasteiger partial charge in [-0.25, -0.2) is 9.59 Å². The fourth-order valence-corrected chi connectivity index (χ4v) is 2.26. The third-order valence-electron chi connectivity index (χ3n) is 3.40. The van der Waals surface area contributed by atoms with Gasteiger partial charge < -0.3 is 24.9 Å². The number of β-amino-alcohol motifs (C(OH)–C–C–N with tert-alkyl or cyclic N) is 1. The van der Waals surface area contributed by atoms with Gasteiger partial charge in [0.2, 0.25) is 5.91 Å². The van der Waals surface area contributed by atoms with Crippen molar-refractivity contribution in [3.63, 3.8) is 0 Å². The summed E-state index contributed by atoms with van der Waals surface area (Å²) in [5.74, 6) is -1.38. The Morgan fingerprint density at radius 2 is 1.90 bits per heavy atom. The number of aliphatic hydroxyl groups is 1. The lowest BCUT2D eigenvalue weighted by Gasteiger charge is -2.30. The van der Waals surface area contributed by atoms with Crippen LogP contribution in [0.2, 0.25) is 0 Å². The maximum Gasteiger partial charge on any atom is 0.326 e. The van der Waals surface area contributed by atoms with Gasteiger partial charge in [-0.05, 0) is 6.42 Å². The van der Waals surface area contributed by atoms with Crippen LogP contribution in [-0.4, -0.2) is 88.7 Å². The molecule has 120 valence electrons. The van der Waals surface area contributed by atoms with Crippen LogP contribution in [-0.2, 0) is 9.59 Å². The van der Waals surface area contributed by atoms with Gasteiger partial charge in [0.1, 0.15) is 12.6 Å². The molecule has 1 heterocycles. The molecule has 2 N–H and O–H groups in total. The molecular formula is C13H23N3O5. The van der Waals surface area contributed by atoms with Crippen LogP contribution in [0.1, 0.15) is 19.8 Å². The van der Waals surface area contributed by atoms with Crippen molar-refractivity contribution in [2.45, 2.75) is 31.9 Å². The molecule has 0 aromatic carbocycles. The van der Waals surface area contributed by atoms with Crippen LogP contribution >= 0.6 is 0 Å². The maximum absolute atomic E-state index is 12.5. The number of hydrogen-bond donors (Lipinski definition) is 2. The summed E-state index contributed by atoms with van der Waals surface area (Å²) >= 11 is 0. The van der Waals surface area contributed by atoms with E-state index in [0.717, 1.165) is 4.90 Å². The first-order valence-electron chi connectivity index (χ1n) is 6.94. The highest BCUT2D eigenvalue weighted by atomic mass is 16.4. The average molecular weight is 301 g/mol. The number of nitrogens with zero attached hydrogens (tertiary/aromatic N) is 3. The van der Waals surface area contributed by atoms with Gasteiger partial charge in [-0.15, -0.1) is 0 Å². The van der Waals surface area contributed by atoms with Crippen molar-refractivity contribution in [3.05, 3.63) is 0 Å². The summed E-state index contributed by atoms with van der Waals surface area (Å²) in [5, 5.41) is 18.7. The van der Waals surface area contributed by atoms with Crippen molar-refractivity contribution in [1.82, 2.24) is 14.7 Å². The van der Waals surface area contributed by atoms with E-state index in [9.17, 15) is 19.5 Å². The van der Waals surface area contributed by atoms with Gasteiger partial charge in [0.25, 0.3) is 0 Å². The molecular weight excluding hydrogens is 278 g/mol. The zero-order chi connectivity index (χ0) is 16.2. The maximum atomic E-state index is 12.5. The predicted molar refractivity (Wildman–Crippen MR) is 74.7 cm³/mol. The van der Waals surface area contributed by atoms with E-state index in [0.29, 0.717) is 13.0 Å². The number of hydrogen-bond acceptors (Lipinski definition) is 4. The van der Waals surface area contributed by atoms with Crippen LogP contribution in [0.5, 0.6) is 0 Å². The molecule has 1 rings (SSSR count). The summed E-state index contributed by atoms with van der Waals surface area (Å²) in [4.78, 5) is 39.2. The number of carbonyl (C=O) groups is 3. The highest BCUT2D eigenvalue weighted by molar-refractivity contribution is 5.87.